The van der Waals surface area contributed by atoms with Crippen molar-refractivity contribution < 1.29 is 4.74 Å². The summed E-state index contributed by atoms with van der Waals surface area (Å²) in [6.07, 6.45) is 0. The predicted molar refractivity (Wildman–Crippen MR) is 63.9 cm³/mol. The Kier molecular flexibility index (Phi) is 3.24. The van der Waals surface area contributed by atoms with Crippen LogP contribution in [0.4, 0.5) is 11.6 Å². The second-order valence-corrected chi connectivity index (χ2v) is 4.03. The third-order valence-electron chi connectivity index (χ3n) is 2.74. The molecular formula is C11H18N4O. The van der Waals surface area contributed by atoms with Crippen molar-refractivity contribution in [3.63, 3.8) is 0 Å². The molecule has 1 aromatic rings. The molecule has 1 aromatic heterocycles. The van der Waals surface area contributed by atoms with Crippen LogP contribution >= 0.6 is 0 Å². The summed E-state index contributed by atoms with van der Waals surface area (Å²) in [5.74, 6) is 2.63. The van der Waals surface area contributed by atoms with Crippen LogP contribution in [0.1, 0.15) is 12.7 Å². The van der Waals surface area contributed by atoms with Gasteiger partial charge in [-0.2, -0.15) is 0 Å². The molecule has 0 spiro atoms. The van der Waals surface area contributed by atoms with E-state index in [1.165, 1.54) is 0 Å². The quantitative estimate of drug-likeness (QED) is 0.810. The van der Waals surface area contributed by atoms with E-state index < -0.39 is 0 Å². The lowest BCUT2D eigenvalue weighted by atomic mass is 10.2. The zero-order valence-corrected chi connectivity index (χ0v) is 10.0. The number of hydrogen-bond acceptors (Lipinski definition) is 5. The molecule has 0 bridgehead atoms. The molecule has 5 heteroatoms. The summed E-state index contributed by atoms with van der Waals surface area (Å²) < 4.78 is 5.42. The van der Waals surface area contributed by atoms with Gasteiger partial charge in [-0.15, -0.1) is 0 Å². The molecule has 88 valence electrons. The van der Waals surface area contributed by atoms with Crippen molar-refractivity contribution in [2.75, 3.05) is 37.0 Å². The number of rotatable bonds is 2. The highest BCUT2D eigenvalue weighted by Gasteiger charge is 2.20. The Bertz CT molecular complexity index is 369. The standard InChI is InChI=1S/C11H18N4O/c1-8-7-16-5-4-15(8)11-6-10(12-3)13-9(2)14-11/h6,8H,4-5,7H2,1-3H3,(H,12,13,14). The summed E-state index contributed by atoms with van der Waals surface area (Å²) in [6.45, 7) is 6.48. The van der Waals surface area contributed by atoms with Crippen molar-refractivity contribution in [1.82, 2.24) is 9.97 Å². The smallest absolute Gasteiger partial charge is 0.134 e. The van der Waals surface area contributed by atoms with Crippen LogP contribution in [0.15, 0.2) is 6.07 Å². The molecule has 0 aromatic carbocycles. The summed E-state index contributed by atoms with van der Waals surface area (Å²) >= 11 is 0. The molecule has 1 fully saturated rings. The topological polar surface area (TPSA) is 50.3 Å². The van der Waals surface area contributed by atoms with Crippen molar-refractivity contribution in [3.8, 4) is 0 Å². The van der Waals surface area contributed by atoms with Gasteiger partial charge in [0.15, 0.2) is 0 Å². The summed E-state index contributed by atoms with van der Waals surface area (Å²) in [7, 11) is 1.87. The van der Waals surface area contributed by atoms with E-state index in [0.29, 0.717) is 6.04 Å². The number of aromatic nitrogens is 2. The largest absolute Gasteiger partial charge is 0.377 e. The van der Waals surface area contributed by atoms with E-state index in [4.69, 9.17) is 4.74 Å². The van der Waals surface area contributed by atoms with Gasteiger partial charge in [-0.3, -0.25) is 0 Å². The molecule has 1 N–H and O–H groups in total. The van der Waals surface area contributed by atoms with E-state index in [1.807, 2.05) is 20.0 Å². The molecule has 0 aliphatic carbocycles. The van der Waals surface area contributed by atoms with E-state index in [1.54, 1.807) is 0 Å². The Morgan fingerprint density at radius 3 is 3.00 bits per heavy atom. The van der Waals surface area contributed by atoms with Gasteiger partial charge in [0.2, 0.25) is 0 Å². The second kappa shape index (κ2) is 4.65. The summed E-state index contributed by atoms with van der Waals surface area (Å²) in [5, 5.41) is 3.05. The normalized spacial score (nSPS) is 20.9. The number of nitrogens with zero attached hydrogens (tertiary/aromatic N) is 3. The predicted octanol–water partition coefficient (Wildman–Crippen LogP) is 1.05. The maximum absolute atomic E-state index is 5.42. The van der Waals surface area contributed by atoms with Gasteiger partial charge >= 0.3 is 0 Å². The first-order valence-electron chi connectivity index (χ1n) is 5.58. The monoisotopic (exact) mass is 222 g/mol. The number of aryl methyl sites for hydroxylation is 1. The van der Waals surface area contributed by atoms with Crippen molar-refractivity contribution >= 4 is 11.6 Å². The minimum absolute atomic E-state index is 0.368. The maximum Gasteiger partial charge on any atom is 0.134 e. The van der Waals surface area contributed by atoms with Crippen LogP contribution < -0.4 is 10.2 Å². The fourth-order valence-electron chi connectivity index (χ4n) is 1.89. The Labute approximate surface area is 95.8 Å². The molecule has 1 saturated heterocycles. The number of morpholine rings is 1. The molecule has 0 saturated carbocycles. The number of hydrogen-bond donors (Lipinski definition) is 1. The molecule has 5 nitrogen and oxygen atoms in total. The number of anilines is 2. The van der Waals surface area contributed by atoms with Crippen LogP contribution in [0.2, 0.25) is 0 Å². The molecule has 1 atom stereocenters. The van der Waals surface area contributed by atoms with Gasteiger partial charge in [0, 0.05) is 19.7 Å². The van der Waals surface area contributed by atoms with E-state index >= 15 is 0 Å². The molecule has 1 aliphatic heterocycles. The maximum atomic E-state index is 5.42. The Hall–Kier alpha value is -1.36. The molecule has 2 rings (SSSR count). The van der Waals surface area contributed by atoms with Gasteiger partial charge in [0.1, 0.15) is 17.5 Å². The highest BCUT2D eigenvalue weighted by Crippen LogP contribution is 2.19. The van der Waals surface area contributed by atoms with Gasteiger partial charge in [-0.1, -0.05) is 0 Å². The molecule has 2 heterocycles. The highest BCUT2D eigenvalue weighted by atomic mass is 16.5. The van der Waals surface area contributed by atoms with Crippen LogP contribution in [0, 0.1) is 6.92 Å². The first-order valence-corrected chi connectivity index (χ1v) is 5.58. The third-order valence-corrected chi connectivity index (χ3v) is 2.74. The van der Waals surface area contributed by atoms with Crippen molar-refractivity contribution in [2.24, 2.45) is 0 Å². The second-order valence-electron chi connectivity index (χ2n) is 4.03. The van der Waals surface area contributed by atoms with Crippen LogP contribution in [0.25, 0.3) is 0 Å². The highest BCUT2D eigenvalue weighted by molar-refractivity contribution is 5.50. The van der Waals surface area contributed by atoms with Crippen molar-refractivity contribution in [3.05, 3.63) is 11.9 Å². The summed E-state index contributed by atoms with van der Waals surface area (Å²) in [5.41, 5.74) is 0. The minimum Gasteiger partial charge on any atom is -0.377 e. The Morgan fingerprint density at radius 2 is 2.31 bits per heavy atom. The molecule has 0 amide bonds. The third kappa shape index (κ3) is 2.24. The SMILES string of the molecule is CNc1cc(N2CCOCC2C)nc(C)n1. The van der Waals surface area contributed by atoms with Gasteiger partial charge in [0.25, 0.3) is 0 Å². The van der Waals surface area contributed by atoms with E-state index in [2.05, 4.69) is 27.1 Å². The average molecular weight is 222 g/mol. The van der Waals surface area contributed by atoms with Crippen LogP contribution in [0.3, 0.4) is 0 Å². The van der Waals surface area contributed by atoms with Crippen molar-refractivity contribution in [2.45, 2.75) is 19.9 Å². The van der Waals surface area contributed by atoms with Gasteiger partial charge in [0.05, 0.1) is 19.3 Å². The molecule has 1 unspecified atom stereocenters. The first kappa shape index (κ1) is 11.1. The molecule has 1 aliphatic rings. The molecular weight excluding hydrogens is 204 g/mol. The fourth-order valence-corrected chi connectivity index (χ4v) is 1.89. The number of nitrogens with one attached hydrogen (secondary N) is 1. The number of ether oxygens (including phenoxy) is 1. The Balaban J connectivity index is 2.27. The summed E-state index contributed by atoms with van der Waals surface area (Å²) in [6, 6.07) is 2.35. The van der Waals surface area contributed by atoms with Gasteiger partial charge in [-0.25, -0.2) is 9.97 Å². The molecule has 0 radical (unpaired) electrons. The van der Waals surface area contributed by atoms with E-state index in [0.717, 1.165) is 37.2 Å². The summed E-state index contributed by atoms with van der Waals surface area (Å²) in [4.78, 5) is 11.0. The average Bonchev–Trinajstić information content (AvgIpc) is 2.28. The zero-order chi connectivity index (χ0) is 11.5. The molecule has 16 heavy (non-hydrogen) atoms. The van der Waals surface area contributed by atoms with E-state index in [-0.39, 0.29) is 0 Å². The van der Waals surface area contributed by atoms with Crippen molar-refractivity contribution in [1.29, 1.82) is 0 Å². The lowest BCUT2D eigenvalue weighted by Gasteiger charge is -2.34. The fraction of sp³-hybridized carbons (Fsp3) is 0.636. The lowest BCUT2D eigenvalue weighted by molar-refractivity contribution is 0.0985. The van der Waals surface area contributed by atoms with Gasteiger partial charge in [-0.05, 0) is 13.8 Å². The van der Waals surface area contributed by atoms with Crippen LogP contribution in [-0.2, 0) is 4.74 Å². The minimum atomic E-state index is 0.368. The first-order chi connectivity index (χ1) is 7.70. The van der Waals surface area contributed by atoms with E-state index in [9.17, 15) is 0 Å². The zero-order valence-electron chi connectivity index (χ0n) is 10.0. The Morgan fingerprint density at radius 1 is 1.50 bits per heavy atom. The van der Waals surface area contributed by atoms with Gasteiger partial charge < -0.3 is 15.0 Å². The van der Waals surface area contributed by atoms with Crippen LogP contribution in [0.5, 0.6) is 0 Å². The lowest BCUT2D eigenvalue weighted by Crippen LogP contribution is -2.44. The van der Waals surface area contributed by atoms with Crippen LogP contribution in [-0.4, -0.2) is 42.8 Å².